The number of aromatic nitrogens is 2. The minimum Gasteiger partial charge on any atom is -0.369 e. The zero-order chi connectivity index (χ0) is 15.1. The van der Waals surface area contributed by atoms with Crippen LogP contribution < -0.4 is 10.6 Å². The average molecular weight is 304 g/mol. The van der Waals surface area contributed by atoms with Crippen LogP contribution in [0.2, 0.25) is 0 Å². The number of pyridine rings is 1. The highest BCUT2D eigenvalue weighted by Crippen LogP contribution is 2.14. The van der Waals surface area contributed by atoms with E-state index in [0.29, 0.717) is 17.9 Å². The summed E-state index contributed by atoms with van der Waals surface area (Å²) in [6, 6.07) is 3.55. The Morgan fingerprint density at radius 3 is 2.90 bits per heavy atom. The van der Waals surface area contributed by atoms with Crippen molar-refractivity contribution in [2.24, 2.45) is 0 Å². The molecule has 0 aliphatic carbocycles. The largest absolute Gasteiger partial charge is 0.369 e. The van der Waals surface area contributed by atoms with Crippen LogP contribution in [0.1, 0.15) is 40.5 Å². The van der Waals surface area contributed by atoms with Gasteiger partial charge in [-0.15, -0.1) is 11.3 Å². The summed E-state index contributed by atoms with van der Waals surface area (Å²) in [5.74, 6) is 0.500. The first-order chi connectivity index (χ1) is 10.2. The topological polar surface area (TPSA) is 66.9 Å². The van der Waals surface area contributed by atoms with E-state index in [1.54, 1.807) is 29.7 Å². The number of carbonyl (C=O) groups is 1. The van der Waals surface area contributed by atoms with Crippen molar-refractivity contribution in [2.45, 2.75) is 33.2 Å². The van der Waals surface area contributed by atoms with Gasteiger partial charge in [-0.25, -0.2) is 9.97 Å². The molecule has 0 bridgehead atoms. The summed E-state index contributed by atoms with van der Waals surface area (Å²) in [4.78, 5) is 22.0. The van der Waals surface area contributed by atoms with Gasteiger partial charge in [-0.1, -0.05) is 13.8 Å². The first-order valence-electron chi connectivity index (χ1n) is 7.15. The molecule has 2 N–H and O–H groups in total. The van der Waals surface area contributed by atoms with E-state index >= 15 is 0 Å². The molecule has 2 heterocycles. The van der Waals surface area contributed by atoms with E-state index in [9.17, 15) is 4.79 Å². The van der Waals surface area contributed by atoms with E-state index in [1.165, 1.54) is 4.88 Å². The van der Waals surface area contributed by atoms with E-state index in [4.69, 9.17) is 0 Å². The van der Waals surface area contributed by atoms with Crippen molar-refractivity contribution in [3.63, 3.8) is 0 Å². The van der Waals surface area contributed by atoms with E-state index in [-0.39, 0.29) is 5.91 Å². The molecular formula is C15H20N4OS. The highest BCUT2D eigenvalue weighted by Gasteiger charge is 2.12. The van der Waals surface area contributed by atoms with Crippen LogP contribution in [0.15, 0.2) is 24.5 Å². The lowest BCUT2D eigenvalue weighted by molar-refractivity contribution is 0.0951. The lowest BCUT2D eigenvalue weighted by Crippen LogP contribution is -2.24. The van der Waals surface area contributed by atoms with Gasteiger partial charge >= 0.3 is 0 Å². The van der Waals surface area contributed by atoms with Crippen LogP contribution in [-0.2, 0) is 13.0 Å². The third-order valence-corrected chi connectivity index (χ3v) is 4.09. The molecule has 0 unspecified atom stereocenters. The molecule has 0 spiro atoms. The monoisotopic (exact) mass is 304 g/mol. The Bertz CT molecular complexity index is 597. The molecule has 6 heteroatoms. The number of hydrogen-bond acceptors (Lipinski definition) is 5. The number of nitrogens with zero attached hydrogens (tertiary/aromatic N) is 2. The van der Waals surface area contributed by atoms with Crippen LogP contribution in [0, 0.1) is 0 Å². The second-order valence-corrected chi connectivity index (χ2v) is 5.78. The summed E-state index contributed by atoms with van der Waals surface area (Å²) in [6.45, 7) is 5.41. The molecule has 0 atom stereocenters. The second kappa shape index (κ2) is 7.73. The van der Waals surface area contributed by atoms with Crippen LogP contribution in [0.25, 0.3) is 0 Å². The zero-order valence-corrected chi connectivity index (χ0v) is 13.2. The normalized spacial score (nSPS) is 10.4. The third-order valence-electron chi connectivity index (χ3n) is 2.94. The quantitative estimate of drug-likeness (QED) is 0.825. The Balaban J connectivity index is 1.99. The number of anilines is 1. The first kappa shape index (κ1) is 15.4. The van der Waals surface area contributed by atoms with Crippen molar-refractivity contribution in [1.29, 1.82) is 0 Å². The molecule has 0 aromatic carbocycles. The van der Waals surface area contributed by atoms with Gasteiger partial charge in [0.05, 0.1) is 12.1 Å². The van der Waals surface area contributed by atoms with Crippen LogP contribution >= 0.6 is 11.3 Å². The van der Waals surface area contributed by atoms with Gasteiger partial charge in [0.1, 0.15) is 10.8 Å². The van der Waals surface area contributed by atoms with Gasteiger partial charge in [0.15, 0.2) is 0 Å². The number of aryl methyl sites for hydroxylation is 1. The molecule has 112 valence electrons. The van der Waals surface area contributed by atoms with Gasteiger partial charge in [0, 0.05) is 23.8 Å². The van der Waals surface area contributed by atoms with E-state index < -0.39 is 0 Å². The summed E-state index contributed by atoms with van der Waals surface area (Å²) >= 11 is 1.63. The lowest BCUT2D eigenvalue weighted by Gasteiger charge is -2.09. The number of nitrogens with one attached hydrogen (secondary N) is 2. The predicted octanol–water partition coefficient (Wildman–Crippen LogP) is 2.85. The minimum absolute atomic E-state index is 0.130. The van der Waals surface area contributed by atoms with Crippen LogP contribution in [0.4, 0.5) is 5.82 Å². The summed E-state index contributed by atoms with van der Waals surface area (Å²) in [5.41, 5.74) is 0.568. The van der Waals surface area contributed by atoms with Crippen LogP contribution in [0.5, 0.6) is 0 Å². The molecule has 2 aromatic heterocycles. The maximum absolute atomic E-state index is 12.3. The molecular weight excluding hydrogens is 284 g/mol. The average Bonchev–Trinajstić information content (AvgIpc) is 2.99. The van der Waals surface area contributed by atoms with Gasteiger partial charge < -0.3 is 10.6 Å². The Labute approximate surface area is 128 Å². The molecule has 0 fully saturated rings. The van der Waals surface area contributed by atoms with E-state index in [2.05, 4.69) is 34.4 Å². The molecule has 2 rings (SSSR count). The summed E-state index contributed by atoms with van der Waals surface area (Å²) in [6.07, 6.45) is 5.50. The fourth-order valence-corrected chi connectivity index (χ4v) is 2.62. The van der Waals surface area contributed by atoms with Crippen molar-refractivity contribution in [2.75, 3.05) is 11.9 Å². The smallest absolute Gasteiger partial charge is 0.255 e. The van der Waals surface area contributed by atoms with Crippen molar-refractivity contribution < 1.29 is 4.79 Å². The molecule has 1 amide bonds. The molecule has 0 aliphatic heterocycles. The highest BCUT2D eigenvalue weighted by atomic mass is 32.1. The fraction of sp³-hybridized carbons (Fsp3) is 0.400. The Morgan fingerprint density at radius 2 is 2.19 bits per heavy atom. The lowest BCUT2D eigenvalue weighted by atomic mass is 10.2. The summed E-state index contributed by atoms with van der Waals surface area (Å²) in [7, 11) is 0. The van der Waals surface area contributed by atoms with Crippen molar-refractivity contribution in [3.8, 4) is 0 Å². The van der Waals surface area contributed by atoms with Crippen LogP contribution in [0.3, 0.4) is 0 Å². The SMILES string of the molecule is CCCNc1ncccc1C(=O)NCc1ncc(CC)s1. The van der Waals surface area contributed by atoms with Gasteiger partial charge in [0.2, 0.25) is 0 Å². The Hall–Kier alpha value is -1.95. The number of thiazole rings is 1. The Kier molecular flexibility index (Phi) is 5.68. The second-order valence-electron chi connectivity index (χ2n) is 4.58. The molecule has 2 aromatic rings. The standard InChI is InChI=1S/C15H20N4OS/c1-3-7-16-14-12(6-5-8-17-14)15(20)19-10-13-18-9-11(4-2)21-13/h5-6,8-9H,3-4,7,10H2,1-2H3,(H,16,17)(H,19,20). The molecule has 0 radical (unpaired) electrons. The summed E-state index contributed by atoms with van der Waals surface area (Å²) < 4.78 is 0. The van der Waals surface area contributed by atoms with E-state index in [1.807, 2.05) is 6.20 Å². The first-order valence-corrected chi connectivity index (χ1v) is 7.96. The van der Waals surface area contributed by atoms with Gasteiger partial charge in [0.25, 0.3) is 5.91 Å². The highest BCUT2D eigenvalue weighted by molar-refractivity contribution is 7.11. The fourth-order valence-electron chi connectivity index (χ4n) is 1.82. The van der Waals surface area contributed by atoms with E-state index in [0.717, 1.165) is 24.4 Å². The molecule has 0 saturated carbocycles. The minimum atomic E-state index is -0.130. The van der Waals surface area contributed by atoms with Crippen molar-refractivity contribution in [3.05, 3.63) is 40.0 Å². The number of amides is 1. The number of hydrogen-bond donors (Lipinski definition) is 2. The van der Waals surface area contributed by atoms with Gasteiger partial charge in [-0.05, 0) is 25.0 Å². The predicted molar refractivity (Wildman–Crippen MR) is 85.7 cm³/mol. The molecule has 5 nitrogen and oxygen atoms in total. The van der Waals surface area contributed by atoms with Crippen molar-refractivity contribution in [1.82, 2.24) is 15.3 Å². The molecule has 0 aliphatic rings. The van der Waals surface area contributed by atoms with Crippen LogP contribution in [-0.4, -0.2) is 22.4 Å². The van der Waals surface area contributed by atoms with Gasteiger partial charge in [-0.2, -0.15) is 0 Å². The third kappa shape index (κ3) is 4.26. The maximum atomic E-state index is 12.3. The summed E-state index contributed by atoms with van der Waals surface area (Å²) in [5, 5.41) is 6.99. The number of carbonyl (C=O) groups excluding carboxylic acids is 1. The Morgan fingerprint density at radius 1 is 1.33 bits per heavy atom. The maximum Gasteiger partial charge on any atom is 0.255 e. The number of rotatable bonds is 7. The molecule has 0 saturated heterocycles. The molecule has 21 heavy (non-hydrogen) atoms. The van der Waals surface area contributed by atoms with Gasteiger partial charge in [-0.3, -0.25) is 4.79 Å². The zero-order valence-electron chi connectivity index (χ0n) is 12.3. The van der Waals surface area contributed by atoms with Crippen molar-refractivity contribution >= 4 is 23.1 Å².